The molecule has 5 nitrogen and oxygen atoms in total. The quantitative estimate of drug-likeness (QED) is 0.821. The molecule has 0 saturated carbocycles. The van der Waals surface area contributed by atoms with Gasteiger partial charge in [0.2, 0.25) is 5.91 Å². The molecule has 0 bridgehead atoms. The molecular formula is C24H28FN3O2. The molecule has 2 aliphatic heterocycles. The maximum Gasteiger partial charge on any atom is 0.317 e. The molecule has 0 radical (unpaired) electrons. The number of carbonyl (C=O) groups excluding carboxylic acids is 2. The summed E-state index contributed by atoms with van der Waals surface area (Å²) in [5.74, 6) is 0.0696. The highest BCUT2D eigenvalue weighted by molar-refractivity contribution is 5.78. The van der Waals surface area contributed by atoms with Crippen LogP contribution in [0.5, 0.6) is 0 Å². The van der Waals surface area contributed by atoms with Gasteiger partial charge >= 0.3 is 6.03 Å². The van der Waals surface area contributed by atoms with Crippen molar-refractivity contribution in [1.29, 1.82) is 0 Å². The van der Waals surface area contributed by atoms with Gasteiger partial charge in [0.25, 0.3) is 0 Å². The SMILES string of the molecule is O=C(NCCc1ccccc1)N1C[C@H]2CCCC(=O)N(Cc3cccc(F)c3)[C@H]2C1. The van der Waals surface area contributed by atoms with Crippen molar-refractivity contribution >= 4 is 11.9 Å². The first-order chi connectivity index (χ1) is 14.6. The summed E-state index contributed by atoms with van der Waals surface area (Å²) in [6.45, 7) is 2.17. The summed E-state index contributed by atoms with van der Waals surface area (Å²) < 4.78 is 13.6. The lowest BCUT2D eigenvalue weighted by atomic mass is 9.98. The van der Waals surface area contributed by atoms with Gasteiger partial charge < -0.3 is 15.1 Å². The molecule has 0 spiro atoms. The van der Waals surface area contributed by atoms with Gasteiger partial charge in [-0.25, -0.2) is 9.18 Å². The average Bonchev–Trinajstić information content (AvgIpc) is 3.11. The zero-order valence-corrected chi connectivity index (χ0v) is 17.1. The Labute approximate surface area is 176 Å². The maximum atomic E-state index is 13.6. The van der Waals surface area contributed by atoms with Crippen LogP contribution in [0.3, 0.4) is 0 Å². The third kappa shape index (κ3) is 4.81. The molecule has 0 aliphatic carbocycles. The molecule has 0 aromatic heterocycles. The number of halogens is 1. The molecule has 3 amide bonds. The number of nitrogens with one attached hydrogen (secondary N) is 1. The topological polar surface area (TPSA) is 52.7 Å². The van der Waals surface area contributed by atoms with Gasteiger partial charge in [0.1, 0.15) is 5.82 Å². The minimum atomic E-state index is -0.294. The lowest BCUT2D eigenvalue weighted by Gasteiger charge is -2.30. The second kappa shape index (κ2) is 9.28. The highest BCUT2D eigenvalue weighted by Crippen LogP contribution is 2.31. The smallest absolute Gasteiger partial charge is 0.317 e. The zero-order chi connectivity index (χ0) is 20.9. The molecule has 0 unspecified atom stereocenters. The normalized spacial score (nSPS) is 21.3. The van der Waals surface area contributed by atoms with Crippen LogP contribution >= 0.6 is 0 Å². The lowest BCUT2D eigenvalue weighted by Crippen LogP contribution is -2.44. The van der Waals surface area contributed by atoms with E-state index >= 15 is 0 Å². The summed E-state index contributed by atoms with van der Waals surface area (Å²) >= 11 is 0. The Morgan fingerprint density at radius 2 is 1.87 bits per heavy atom. The Kier molecular flexibility index (Phi) is 6.31. The van der Waals surface area contributed by atoms with E-state index in [0.29, 0.717) is 32.6 Å². The fourth-order valence-corrected chi connectivity index (χ4v) is 4.61. The predicted octanol–water partition coefficient (Wildman–Crippen LogP) is 3.59. The number of likely N-dealkylation sites (tertiary alicyclic amines) is 2. The molecule has 6 heteroatoms. The van der Waals surface area contributed by atoms with Gasteiger partial charge in [-0.05, 0) is 48.4 Å². The van der Waals surface area contributed by atoms with Crippen molar-refractivity contribution in [3.63, 3.8) is 0 Å². The molecule has 2 aromatic carbocycles. The number of hydrogen-bond acceptors (Lipinski definition) is 2. The molecule has 2 fully saturated rings. The van der Waals surface area contributed by atoms with Gasteiger partial charge in [-0.2, -0.15) is 0 Å². The Morgan fingerprint density at radius 1 is 1.07 bits per heavy atom. The highest BCUT2D eigenvalue weighted by atomic mass is 19.1. The zero-order valence-electron chi connectivity index (χ0n) is 17.1. The second-order valence-electron chi connectivity index (χ2n) is 8.24. The van der Waals surface area contributed by atoms with Crippen LogP contribution in [0.15, 0.2) is 54.6 Å². The summed E-state index contributed by atoms with van der Waals surface area (Å²) in [6, 6.07) is 16.4. The first kappa shape index (κ1) is 20.4. The first-order valence-electron chi connectivity index (χ1n) is 10.7. The van der Waals surface area contributed by atoms with Crippen LogP contribution in [0.1, 0.15) is 30.4 Å². The Hall–Kier alpha value is -2.89. The van der Waals surface area contributed by atoms with E-state index < -0.39 is 0 Å². The minimum absolute atomic E-state index is 0.0110. The fourth-order valence-electron chi connectivity index (χ4n) is 4.61. The van der Waals surface area contributed by atoms with Gasteiger partial charge in [-0.3, -0.25) is 4.79 Å². The highest BCUT2D eigenvalue weighted by Gasteiger charge is 2.41. The van der Waals surface area contributed by atoms with Gasteiger partial charge in [0.05, 0.1) is 6.04 Å². The fraction of sp³-hybridized carbons (Fsp3) is 0.417. The van der Waals surface area contributed by atoms with Crippen LogP contribution in [0.4, 0.5) is 9.18 Å². The molecule has 158 valence electrons. The van der Waals surface area contributed by atoms with Crippen LogP contribution in [0.2, 0.25) is 0 Å². The van der Waals surface area contributed by atoms with Crippen LogP contribution in [-0.4, -0.2) is 47.4 Å². The van der Waals surface area contributed by atoms with Gasteiger partial charge in [-0.15, -0.1) is 0 Å². The van der Waals surface area contributed by atoms with Crippen molar-refractivity contribution in [1.82, 2.24) is 15.1 Å². The van der Waals surface area contributed by atoms with Gasteiger partial charge in [-0.1, -0.05) is 42.5 Å². The largest absolute Gasteiger partial charge is 0.338 e. The number of rotatable bonds is 5. The van der Waals surface area contributed by atoms with Crippen molar-refractivity contribution in [2.45, 2.75) is 38.3 Å². The third-order valence-corrected chi connectivity index (χ3v) is 6.15. The number of hydrogen-bond donors (Lipinski definition) is 1. The van der Waals surface area contributed by atoms with Crippen molar-refractivity contribution in [3.05, 3.63) is 71.5 Å². The average molecular weight is 410 g/mol. The second-order valence-corrected chi connectivity index (χ2v) is 8.24. The standard InChI is InChI=1S/C24H28FN3O2/c25-21-10-4-8-19(14-21)15-28-22-17-27(16-20(22)9-5-11-23(28)29)24(30)26-13-12-18-6-2-1-3-7-18/h1-4,6-8,10,14,20,22H,5,9,11-13,15-17H2,(H,26,30)/t20-,22+/m1/s1. The maximum absolute atomic E-state index is 13.6. The predicted molar refractivity (Wildman–Crippen MR) is 113 cm³/mol. The molecule has 1 N–H and O–H groups in total. The number of urea groups is 1. The lowest BCUT2D eigenvalue weighted by molar-refractivity contribution is -0.133. The van der Waals surface area contributed by atoms with Crippen molar-refractivity contribution in [3.8, 4) is 0 Å². The van der Waals surface area contributed by atoms with E-state index in [0.717, 1.165) is 24.8 Å². The summed E-state index contributed by atoms with van der Waals surface area (Å²) in [7, 11) is 0. The van der Waals surface area contributed by atoms with Crippen molar-refractivity contribution < 1.29 is 14.0 Å². The first-order valence-corrected chi connectivity index (χ1v) is 10.7. The minimum Gasteiger partial charge on any atom is -0.338 e. The number of nitrogens with zero attached hydrogens (tertiary/aromatic N) is 2. The van der Waals surface area contributed by atoms with E-state index in [-0.39, 0.29) is 29.7 Å². The van der Waals surface area contributed by atoms with Crippen molar-refractivity contribution in [2.75, 3.05) is 19.6 Å². The Morgan fingerprint density at radius 3 is 2.67 bits per heavy atom. The molecule has 2 aromatic rings. The summed E-state index contributed by atoms with van der Waals surface area (Å²) in [5.41, 5.74) is 1.98. The van der Waals surface area contributed by atoms with E-state index in [9.17, 15) is 14.0 Å². The van der Waals surface area contributed by atoms with E-state index in [2.05, 4.69) is 17.4 Å². The Balaban J connectivity index is 1.38. The molecule has 2 atom stereocenters. The number of benzene rings is 2. The van der Waals surface area contributed by atoms with E-state index in [4.69, 9.17) is 0 Å². The van der Waals surface area contributed by atoms with Crippen LogP contribution in [0.25, 0.3) is 0 Å². The summed E-state index contributed by atoms with van der Waals surface area (Å²) in [5, 5.41) is 3.02. The van der Waals surface area contributed by atoms with E-state index in [1.165, 1.54) is 17.7 Å². The molecule has 2 aliphatic rings. The number of fused-ring (bicyclic) bond motifs is 1. The summed E-state index contributed by atoms with van der Waals surface area (Å²) in [6.07, 6.45) is 3.08. The van der Waals surface area contributed by atoms with E-state index in [1.54, 1.807) is 6.07 Å². The van der Waals surface area contributed by atoms with Crippen LogP contribution < -0.4 is 5.32 Å². The number of amides is 3. The van der Waals surface area contributed by atoms with E-state index in [1.807, 2.05) is 34.1 Å². The van der Waals surface area contributed by atoms with Crippen LogP contribution in [0, 0.1) is 11.7 Å². The molecule has 2 saturated heterocycles. The van der Waals surface area contributed by atoms with Crippen molar-refractivity contribution in [2.24, 2.45) is 5.92 Å². The Bertz CT molecular complexity index is 889. The van der Waals surface area contributed by atoms with Gasteiger partial charge in [0.15, 0.2) is 0 Å². The molecule has 2 heterocycles. The summed E-state index contributed by atoms with van der Waals surface area (Å²) in [4.78, 5) is 29.2. The van der Waals surface area contributed by atoms with Gasteiger partial charge in [0, 0.05) is 32.6 Å². The molecule has 30 heavy (non-hydrogen) atoms. The molecular weight excluding hydrogens is 381 g/mol. The third-order valence-electron chi connectivity index (χ3n) is 6.15. The van der Waals surface area contributed by atoms with Crippen LogP contribution in [-0.2, 0) is 17.8 Å². The number of carbonyl (C=O) groups is 2. The monoisotopic (exact) mass is 409 g/mol. The molecule has 4 rings (SSSR count).